The molecule has 7 nitrogen and oxygen atoms in total. The number of ether oxygens (including phenoxy) is 4. The lowest BCUT2D eigenvalue weighted by Crippen LogP contribution is -2.53. The summed E-state index contributed by atoms with van der Waals surface area (Å²) in [4.78, 5) is 17.0. The van der Waals surface area contributed by atoms with Crippen molar-refractivity contribution >= 4 is 5.91 Å². The van der Waals surface area contributed by atoms with Crippen LogP contribution in [0.15, 0.2) is 42.5 Å². The van der Waals surface area contributed by atoms with Gasteiger partial charge in [-0.1, -0.05) is 18.2 Å². The Labute approximate surface area is 163 Å². The zero-order valence-electron chi connectivity index (χ0n) is 15.5. The monoisotopic (exact) mass is 382 g/mol. The van der Waals surface area contributed by atoms with Gasteiger partial charge in [-0.2, -0.15) is 0 Å². The first-order valence-corrected chi connectivity index (χ1v) is 9.54. The fourth-order valence-corrected chi connectivity index (χ4v) is 3.77. The highest BCUT2D eigenvalue weighted by atomic mass is 16.7. The largest absolute Gasteiger partial charge is 0.485 e. The molecule has 1 atom stereocenters. The molecule has 3 aliphatic heterocycles. The van der Waals surface area contributed by atoms with Gasteiger partial charge in [-0.3, -0.25) is 9.69 Å². The molecule has 7 heteroatoms. The van der Waals surface area contributed by atoms with Crippen LogP contribution in [0.4, 0.5) is 0 Å². The Morgan fingerprint density at radius 2 is 1.64 bits per heavy atom. The molecule has 0 saturated carbocycles. The SMILES string of the molecule is O=C([C@H]1COc2ccccc2O1)N1CCN(Cc2ccc3c(c2)OCO3)CC1. The van der Waals surface area contributed by atoms with E-state index in [-0.39, 0.29) is 19.3 Å². The average Bonchev–Trinajstić information content (AvgIpc) is 3.21. The number of carbonyl (C=O) groups excluding carboxylic acids is 1. The van der Waals surface area contributed by atoms with Gasteiger partial charge in [0.25, 0.3) is 5.91 Å². The van der Waals surface area contributed by atoms with Crippen molar-refractivity contribution in [2.24, 2.45) is 0 Å². The summed E-state index contributed by atoms with van der Waals surface area (Å²) in [6, 6.07) is 13.5. The molecule has 1 fully saturated rings. The van der Waals surface area contributed by atoms with Crippen molar-refractivity contribution in [2.75, 3.05) is 39.6 Å². The van der Waals surface area contributed by atoms with E-state index in [1.54, 1.807) is 0 Å². The summed E-state index contributed by atoms with van der Waals surface area (Å²) in [5.41, 5.74) is 1.18. The van der Waals surface area contributed by atoms with Crippen molar-refractivity contribution in [3.05, 3.63) is 48.0 Å². The third-order valence-corrected chi connectivity index (χ3v) is 5.31. The number of hydrogen-bond acceptors (Lipinski definition) is 6. The number of fused-ring (bicyclic) bond motifs is 2. The number of nitrogens with zero attached hydrogens (tertiary/aromatic N) is 2. The standard InChI is InChI=1S/C21H22N2O5/c24-21(20-13-25-16-3-1-2-4-18(16)28-20)23-9-7-22(8-10-23)12-15-5-6-17-19(11-15)27-14-26-17/h1-6,11,20H,7-10,12-14H2/t20-/m1/s1. The second-order valence-corrected chi connectivity index (χ2v) is 7.15. The predicted molar refractivity (Wildman–Crippen MR) is 101 cm³/mol. The van der Waals surface area contributed by atoms with Crippen molar-refractivity contribution in [1.29, 1.82) is 0 Å². The van der Waals surface area contributed by atoms with Crippen LogP contribution < -0.4 is 18.9 Å². The summed E-state index contributed by atoms with van der Waals surface area (Å²) in [5, 5.41) is 0. The third kappa shape index (κ3) is 3.33. The molecule has 3 heterocycles. The summed E-state index contributed by atoms with van der Waals surface area (Å²) in [7, 11) is 0. The zero-order valence-corrected chi connectivity index (χ0v) is 15.5. The van der Waals surface area contributed by atoms with Gasteiger partial charge in [0, 0.05) is 32.7 Å². The topological polar surface area (TPSA) is 60.5 Å². The highest BCUT2D eigenvalue weighted by Crippen LogP contribution is 2.33. The Kier molecular flexibility index (Phi) is 4.44. The van der Waals surface area contributed by atoms with Gasteiger partial charge in [0.1, 0.15) is 6.61 Å². The molecule has 0 radical (unpaired) electrons. The van der Waals surface area contributed by atoms with Gasteiger partial charge in [-0.15, -0.1) is 0 Å². The molecule has 0 spiro atoms. The van der Waals surface area contributed by atoms with Gasteiger partial charge in [0.15, 0.2) is 23.0 Å². The van der Waals surface area contributed by atoms with Crippen molar-refractivity contribution in [2.45, 2.75) is 12.6 Å². The van der Waals surface area contributed by atoms with Gasteiger partial charge in [-0.05, 0) is 29.8 Å². The number of rotatable bonds is 3. The van der Waals surface area contributed by atoms with Crippen LogP contribution in [0.5, 0.6) is 23.0 Å². The fraction of sp³-hybridized carbons (Fsp3) is 0.381. The van der Waals surface area contributed by atoms with Crippen molar-refractivity contribution in [1.82, 2.24) is 9.80 Å². The van der Waals surface area contributed by atoms with Crippen LogP contribution in [-0.2, 0) is 11.3 Å². The van der Waals surface area contributed by atoms with Crippen LogP contribution in [-0.4, -0.2) is 61.4 Å². The molecule has 0 unspecified atom stereocenters. The maximum atomic E-state index is 12.8. The third-order valence-electron chi connectivity index (χ3n) is 5.31. The quantitative estimate of drug-likeness (QED) is 0.808. The second kappa shape index (κ2) is 7.24. The van der Waals surface area contributed by atoms with E-state index in [1.165, 1.54) is 5.56 Å². The van der Waals surface area contributed by atoms with E-state index < -0.39 is 6.10 Å². The summed E-state index contributed by atoms with van der Waals surface area (Å²) in [6.45, 7) is 4.39. The molecule has 2 aromatic carbocycles. The summed E-state index contributed by atoms with van der Waals surface area (Å²) in [6.07, 6.45) is -0.574. The Hall–Kier alpha value is -2.93. The van der Waals surface area contributed by atoms with E-state index in [1.807, 2.05) is 41.3 Å². The maximum Gasteiger partial charge on any atom is 0.267 e. The number of piperazine rings is 1. The molecule has 1 saturated heterocycles. The number of carbonyl (C=O) groups is 1. The minimum absolute atomic E-state index is 0.00256. The van der Waals surface area contributed by atoms with Crippen LogP contribution >= 0.6 is 0 Å². The van der Waals surface area contributed by atoms with Crippen molar-refractivity contribution in [3.8, 4) is 23.0 Å². The van der Waals surface area contributed by atoms with Crippen LogP contribution in [0.3, 0.4) is 0 Å². The first kappa shape index (κ1) is 17.2. The molecule has 3 aliphatic rings. The van der Waals surface area contributed by atoms with Gasteiger partial charge in [0.2, 0.25) is 12.9 Å². The molecule has 5 rings (SSSR count). The van der Waals surface area contributed by atoms with E-state index >= 15 is 0 Å². The molecule has 2 aromatic rings. The first-order chi connectivity index (χ1) is 13.8. The molecule has 1 amide bonds. The van der Waals surface area contributed by atoms with Crippen LogP contribution in [0.2, 0.25) is 0 Å². The average molecular weight is 382 g/mol. The number of hydrogen-bond donors (Lipinski definition) is 0. The number of benzene rings is 2. The summed E-state index contributed by atoms with van der Waals surface area (Å²) < 4.78 is 22.3. The first-order valence-electron chi connectivity index (χ1n) is 9.54. The molecule has 0 N–H and O–H groups in total. The smallest absolute Gasteiger partial charge is 0.267 e. The Morgan fingerprint density at radius 1 is 0.893 bits per heavy atom. The minimum Gasteiger partial charge on any atom is -0.485 e. The van der Waals surface area contributed by atoms with Crippen molar-refractivity contribution < 1.29 is 23.7 Å². The molecule has 0 aromatic heterocycles. The van der Waals surface area contributed by atoms with Gasteiger partial charge >= 0.3 is 0 Å². The lowest BCUT2D eigenvalue weighted by atomic mass is 10.1. The van der Waals surface area contributed by atoms with E-state index in [0.717, 1.165) is 31.1 Å². The second-order valence-electron chi connectivity index (χ2n) is 7.15. The molecule has 146 valence electrons. The molecule has 28 heavy (non-hydrogen) atoms. The van der Waals surface area contributed by atoms with Crippen molar-refractivity contribution in [3.63, 3.8) is 0 Å². The normalized spacial score (nSPS) is 20.9. The molecule has 0 bridgehead atoms. The lowest BCUT2D eigenvalue weighted by molar-refractivity contribution is -0.143. The van der Waals surface area contributed by atoms with Gasteiger partial charge in [-0.25, -0.2) is 0 Å². The van der Waals surface area contributed by atoms with Crippen LogP contribution in [0.25, 0.3) is 0 Å². The fourth-order valence-electron chi connectivity index (χ4n) is 3.77. The Balaban J connectivity index is 1.15. The van der Waals surface area contributed by atoms with E-state index in [9.17, 15) is 4.79 Å². The predicted octanol–water partition coefficient (Wildman–Crippen LogP) is 1.90. The molecule has 0 aliphatic carbocycles. The minimum atomic E-state index is -0.574. The molecular formula is C21H22N2O5. The Bertz CT molecular complexity index is 879. The lowest BCUT2D eigenvalue weighted by Gasteiger charge is -2.37. The van der Waals surface area contributed by atoms with Gasteiger partial charge in [0.05, 0.1) is 0 Å². The van der Waals surface area contributed by atoms with E-state index in [2.05, 4.69) is 11.0 Å². The van der Waals surface area contributed by atoms with E-state index in [4.69, 9.17) is 18.9 Å². The van der Waals surface area contributed by atoms with Crippen LogP contribution in [0, 0.1) is 0 Å². The number of amides is 1. The number of para-hydroxylation sites is 2. The maximum absolute atomic E-state index is 12.8. The highest BCUT2D eigenvalue weighted by molar-refractivity contribution is 5.82. The molecular weight excluding hydrogens is 360 g/mol. The Morgan fingerprint density at radius 3 is 2.50 bits per heavy atom. The van der Waals surface area contributed by atoms with E-state index in [0.29, 0.717) is 24.6 Å². The summed E-state index contributed by atoms with van der Waals surface area (Å²) >= 11 is 0. The zero-order chi connectivity index (χ0) is 18.9. The van der Waals surface area contributed by atoms with Gasteiger partial charge < -0.3 is 23.8 Å². The van der Waals surface area contributed by atoms with Crippen LogP contribution in [0.1, 0.15) is 5.56 Å². The summed E-state index contributed by atoms with van der Waals surface area (Å²) in [5.74, 6) is 2.93. The highest BCUT2D eigenvalue weighted by Gasteiger charge is 2.32.